The monoisotopic (exact) mass is 392 g/mol. The standard InChI is InChI=1S/C22H24N4OS/c1-3-26-20(17-11-12-17)24-25-22(26)28-19(16-7-5-4-6-8-16)21(27)23-18-13-9-15(2)10-14-18/h4-10,13-14,17,19H,3,11-12H2,1-2H3,(H,23,27)/t19-/m0/s1. The third-order valence-corrected chi connectivity index (χ3v) is 6.12. The lowest BCUT2D eigenvalue weighted by atomic mass is 10.1. The van der Waals surface area contributed by atoms with Crippen molar-refractivity contribution in [1.82, 2.24) is 14.8 Å². The minimum Gasteiger partial charge on any atom is -0.325 e. The van der Waals surface area contributed by atoms with Gasteiger partial charge >= 0.3 is 0 Å². The molecular formula is C22H24N4OS. The fourth-order valence-electron chi connectivity index (χ4n) is 3.18. The van der Waals surface area contributed by atoms with Crippen molar-refractivity contribution in [2.45, 2.75) is 49.6 Å². The van der Waals surface area contributed by atoms with E-state index >= 15 is 0 Å². The van der Waals surface area contributed by atoms with Gasteiger partial charge in [-0.25, -0.2) is 0 Å². The van der Waals surface area contributed by atoms with Crippen molar-refractivity contribution in [1.29, 1.82) is 0 Å². The molecular weight excluding hydrogens is 368 g/mol. The number of thioether (sulfide) groups is 1. The van der Waals surface area contributed by atoms with Gasteiger partial charge in [0.25, 0.3) is 0 Å². The van der Waals surface area contributed by atoms with Crippen LogP contribution in [0.5, 0.6) is 0 Å². The highest BCUT2D eigenvalue weighted by Gasteiger charge is 2.31. The van der Waals surface area contributed by atoms with Gasteiger partial charge in [-0.1, -0.05) is 59.8 Å². The van der Waals surface area contributed by atoms with E-state index in [9.17, 15) is 4.79 Å². The maximum atomic E-state index is 13.2. The van der Waals surface area contributed by atoms with Gasteiger partial charge in [-0.2, -0.15) is 0 Å². The van der Waals surface area contributed by atoms with E-state index in [4.69, 9.17) is 0 Å². The number of hydrogen-bond acceptors (Lipinski definition) is 4. The Balaban J connectivity index is 1.61. The van der Waals surface area contributed by atoms with E-state index in [0.717, 1.165) is 34.3 Å². The third-order valence-electron chi connectivity index (χ3n) is 4.89. The molecule has 0 spiro atoms. The molecule has 2 aromatic carbocycles. The summed E-state index contributed by atoms with van der Waals surface area (Å²) in [6, 6.07) is 17.7. The van der Waals surface area contributed by atoms with Gasteiger partial charge in [0.2, 0.25) is 5.91 Å². The van der Waals surface area contributed by atoms with Crippen molar-refractivity contribution in [3.63, 3.8) is 0 Å². The first-order valence-electron chi connectivity index (χ1n) is 9.68. The summed E-state index contributed by atoms with van der Waals surface area (Å²) in [7, 11) is 0. The molecule has 1 aromatic heterocycles. The zero-order chi connectivity index (χ0) is 19.5. The number of amides is 1. The van der Waals surface area contributed by atoms with Crippen LogP contribution in [0, 0.1) is 6.92 Å². The first-order chi connectivity index (χ1) is 13.7. The van der Waals surface area contributed by atoms with E-state index in [0.29, 0.717) is 5.92 Å². The summed E-state index contributed by atoms with van der Waals surface area (Å²) in [6.07, 6.45) is 2.36. The Kier molecular flexibility index (Phi) is 5.48. The van der Waals surface area contributed by atoms with Crippen LogP contribution in [-0.4, -0.2) is 20.7 Å². The van der Waals surface area contributed by atoms with Crippen molar-refractivity contribution in [2.24, 2.45) is 0 Å². The molecule has 0 radical (unpaired) electrons. The number of nitrogens with one attached hydrogen (secondary N) is 1. The van der Waals surface area contributed by atoms with Crippen molar-refractivity contribution in [2.75, 3.05) is 5.32 Å². The molecule has 144 valence electrons. The van der Waals surface area contributed by atoms with E-state index in [1.54, 1.807) is 0 Å². The highest BCUT2D eigenvalue weighted by molar-refractivity contribution is 8.00. The van der Waals surface area contributed by atoms with Crippen molar-refractivity contribution in [3.8, 4) is 0 Å². The maximum Gasteiger partial charge on any atom is 0.242 e. The number of anilines is 1. The normalized spacial score (nSPS) is 14.6. The van der Waals surface area contributed by atoms with Crippen molar-refractivity contribution < 1.29 is 4.79 Å². The molecule has 1 amide bonds. The van der Waals surface area contributed by atoms with Gasteiger partial charge in [-0.15, -0.1) is 10.2 Å². The molecule has 0 saturated heterocycles. The zero-order valence-corrected chi connectivity index (χ0v) is 16.9. The summed E-state index contributed by atoms with van der Waals surface area (Å²) in [6.45, 7) is 4.94. The molecule has 1 aliphatic rings. The Morgan fingerprint density at radius 2 is 1.86 bits per heavy atom. The first-order valence-corrected chi connectivity index (χ1v) is 10.6. The minimum absolute atomic E-state index is 0.0568. The number of carbonyl (C=O) groups is 1. The van der Waals surface area contributed by atoms with Crippen LogP contribution in [0.2, 0.25) is 0 Å². The van der Waals surface area contributed by atoms with Gasteiger partial charge in [0.1, 0.15) is 11.1 Å². The van der Waals surface area contributed by atoms with Crippen LogP contribution in [0.1, 0.15) is 47.9 Å². The molecule has 1 saturated carbocycles. The Morgan fingerprint density at radius 1 is 1.14 bits per heavy atom. The summed E-state index contributed by atoms with van der Waals surface area (Å²) in [5.41, 5.74) is 2.92. The van der Waals surface area contributed by atoms with Gasteiger partial charge in [0, 0.05) is 18.2 Å². The molecule has 1 heterocycles. The molecule has 1 atom stereocenters. The van der Waals surface area contributed by atoms with Crippen LogP contribution < -0.4 is 5.32 Å². The van der Waals surface area contributed by atoms with Crippen molar-refractivity contribution >= 4 is 23.4 Å². The molecule has 1 N–H and O–H groups in total. The number of nitrogens with zero attached hydrogens (tertiary/aromatic N) is 3. The van der Waals surface area contributed by atoms with E-state index in [1.165, 1.54) is 24.6 Å². The lowest BCUT2D eigenvalue weighted by Crippen LogP contribution is -2.19. The van der Waals surface area contributed by atoms with Crippen LogP contribution in [0.4, 0.5) is 5.69 Å². The summed E-state index contributed by atoms with van der Waals surface area (Å²) in [5, 5.41) is 12.3. The molecule has 28 heavy (non-hydrogen) atoms. The summed E-state index contributed by atoms with van der Waals surface area (Å²) in [4.78, 5) is 13.2. The minimum atomic E-state index is -0.399. The fraction of sp³-hybridized carbons (Fsp3) is 0.318. The number of carbonyl (C=O) groups excluding carboxylic acids is 1. The van der Waals surface area contributed by atoms with Crippen molar-refractivity contribution in [3.05, 3.63) is 71.5 Å². The van der Waals surface area contributed by atoms with E-state index in [-0.39, 0.29) is 5.91 Å². The van der Waals surface area contributed by atoms with Crippen LogP contribution in [0.3, 0.4) is 0 Å². The molecule has 3 aromatic rings. The fourth-order valence-corrected chi connectivity index (χ4v) is 4.29. The summed E-state index contributed by atoms with van der Waals surface area (Å²) < 4.78 is 2.15. The predicted molar refractivity (Wildman–Crippen MR) is 113 cm³/mol. The second kappa shape index (κ2) is 8.19. The van der Waals surface area contributed by atoms with Gasteiger partial charge in [-0.3, -0.25) is 4.79 Å². The van der Waals surface area contributed by atoms with Gasteiger partial charge in [0.05, 0.1) is 0 Å². The smallest absolute Gasteiger partial charge is 0.242 e. The second-order valence-corrected chi connectivity index (χ2v) is 8.20. The lowest BCUT2D eigenvalue weighted by molar-refractivity contribution is -0.115. The van der Waals surface area contributed by atoms with E-state index < -0.39 is 5.25 Å². The average Bonchev–Trinajstić information content (AvgIpc) is 3.48. The zero-order valence-electron chi connectivity index (χ0n) is 16.1. The Morgan fingerprint density at radius 3 is 2.50 bits per heavy atom. The quantitative estimate of drug-likeness (QED) is 0.578. The third kappa shape index (κ3) is 4.12. The molecule has 0 bridgehead atoms. The largest absolute Gasteiger partial charge is 0.325 e. The van der Waals surface area contributed by atoms with Gasteiger partial charge in [-0.05, 0) is 44.4 Å². The predicted octanol–water partition coefficient (Wildman–Crippen LogP) is 4.96. The van der Waals surface area contributed by atoms with E-state index in [1.807, 2.05) is 61.5 Å². The number of benzene rings is 2. The number of rotatable bonds is 7. The molecule has 6 heteroatoms. The van der Waals surface area contributed by atoms with Crippen LogP contribution in [0.25, 0.3) is 0 Å². The topological polar surface area (TPSA) is 59.8 Å². The Labute approximate surface area is 169 Å². The number of aryl methyl sites for hydroxylation is 1. The maximum absolute atomic E-state index is 13.2. The SMILES string of the molecule is CCn1c(S[C@H](C(=O)Nc2ccc(C)cc2)c2ccccc2)nnc1C1CC1. The molecule has 4 rings (SSSR count). The van der Waals surface area contributed by atoms with Gasteiger partial charge < -0.3 is 9.88 Å². The van der Waals surface area contributed by atoms with Crippen LogP contribution >= 0.6 is 11.8 Å². The molecule has 0 unspecified atom stereocenters. The summed E-state index contributed by atoms with van der Waals surface area (Å²) in [5.74, 6) is 1.52. The lowest BCUT2D eigenvalue weighted by Gasteiger charge is -2.17. The van der Waals surface area contributed by atoms with Crippen LogP contribution in [0.15, 0.2) is 59.8 Å². The van der Waals surface area contributed by atoms with Gasteiger partial charge in [0.15, 0.2) is 5.16 Å². The Hall–Kier alpha value is -2.60. The second-order valence-electron chi connectivity index (χ2n) is 7.12. The van der Waals surface area contributed by atoms with Crippen LogP contribution in [-0.2, 0) is 11.3 Å². The molecule has 5 nitrogen and oxygen atoms in total. The number of aromatic nitrogens is 3. The van der Waals surface area contributed by atoms with E-state index in [2.05, 4.69) is 27.0 Å². The number of hydrogen-bond donors (Lipinski definition) is 1. The highest BCUT2D eigenvalue weighted by Crippen LogP contribution is 2.42. The average molecular weight is 393 g/mol. The molecule has 1 aliphatic carbocycles. The summed E-state index contributed by atoms with van der Waals surface area (Å²) >= 11 is 1.47. The Bertz CT molecular complexity index is 948. The molecule has 1 fully saturated rings. The molecule has 0 aliphatic heterocycles. The first kappa shape index (κ1) is 18.7. The highest BCUT2D eigenvalue weighted by atomic mass is 32.2.